The summed E-state index contributed by atoms with van der Waals surface area (Å²) in [5.74, 6) is 1.60. The summed E-state index contributed by atoms with van der Waals surface area (Å²) >= 11 is 3.45. The van der Waals surface area contributed by atoms with Crippen LogP contribution in [0.1, 0.15) is 18.9 Å². The van der Waals surface area contributed by atoms with Crippen LogP contribution in [0.25, 0.3) is 0 Å². The molecule has 4 heteroatoms. The molecule has 1 aromatic rings. The van der Waals surface area contributed by atoms with Crippen molar-refractivity contribution in [2.75, 3.05) is 18.5 Å². The van der Waals surface area contributed by atoms with E-state index in [0.717, 1.165) is 23.2 Å². The van der Waals surface area contributed by atoms with Gasteiger partial charge in [-0.25, -0.2) is 0 Å². The van der Waals surface area contributed by atoms with Crippen molar-refractivity contribution >= 4 is 21.8 Å². The number of hydrogen-bond donors (Lipinski definition) is 0. The van der Waals surface area contributed by atoms with Crippen LogP contribution < -0.4 is 4.74 Å². The summed E-state index contributed by atoms with van der Waals surface area (Å²) in [6.45, 7) is 4.21. The van der Waals surface area contributed by atoms with Crippen molar-refractivity contribution < 1.29 is 9.53 Å². The number of benzene rings is 1. The number of rotatable bonds is 5. The Labute approximate surface area is 116 Å². The zero-order valence-electron chi connectivity index (χ0n) is 10.6. The SMILES string of the molecule is CCOc1ccc(CN2CC(CBr)CC2=O)cc1. The standard InChI is InChI=1S/C14H18BrNO2/c1-2-18-13-5-3-11(4-6-13)9-16-10-12(8-15)7-14(16)17/h3-6,12H,2,7-10H2,1H3. The zero-order valence-corrected chi connectivity index (χ0v) is 12.1. The lowest BCUT2D eigenvalue weighted by atomic mass is 10.2. The molecule has 2 rings (SSSR count). The molecule has 0 radical (unpaired) electrons. The van der Waals surface area contributed by atoms with E-state index in [9.17, 15) is 4.79 Å². The number of likely N-dealkylation sites (tertiary alicyclic amines) is 1. The van der Waals surface area contributed by atoms with E-state index >= 15 is 0 Å². The summed E-state index contributed by atoms with van der Waals surface area (Å²) < 4.78 is 5.40. The lowest BCUT2D eigenvalue weighted by Crippen LogP contribution is -2.24. The summed E-state index contributed by atoms with van der Waals surface area (Å²) in [5.41, 5.74) is 1.15. The smallest absolute Gasteiger partial charge is 0.223 e. The number of nitrogens with zero attached hydrogens (tertiary/aromatic N) is 1. The summed E-state index contributed by atoms with van der Waals surface area (Å²) in [6.07, 6.45) is 0.669. The van der Waals surface area contributed by atoms with Gasteiger partial charge in [0.2, 0.25) is 5.91 Å². The molecule has 3 nitrogen and oxygen atoms in total. The van der Waals surface area contributed by atoms with Crippen molar-refractivity contribution in [3.63, 3.8) is 0 Å². The minimum atomic E-state index is 0.258. The highest BCUT2D eigenvalue weighted by atomic mass is 79.9. The molecule has 1 unspecified atom stereocenters. The molecule has 0 aliphatic carbocycles. The fourth-order valence-electron chi connectivity index (χ4n) is 2.19. The molecule has 0 bridgehead atoms. The molecule has 1 fully saturated rings. The van der Waals surface area contributed by atoms with Crippen LogP contribution in [-0.2, 0) is 11.3 Å². The maximum Gasteiger partial charge on any atom is 0.223 e. The van der Waals surface area contributed by atoms with Crippen LogP contribution in [0.5, 0.6) is 5.75 Å². The van der Waals surface area contributed by atoms with E-state index in [0.29, 0.717) is 25.5 Å². The largest absolute Gasteiger partial charge is 0.494 e. The van der Waals surface area contributed by atoms with Gasteiger partial charge in [0.05, 0.1) is 6.61 Å². The van der Waals surface area contributed by atoms with Crippen molar-refractivity contribution in [2.45, 2.75) is 19.9 Å². The number of carbonyl (C=O) groups is 1. The van der Waals surface area contributed by atoms with Crippen LogP contribution in [0.4, 0.5) is 0 Å². The van der Waals surface area contributed by atoms with E-state index in [1.165, 1.54) is 0 Å². The Morgan fingerprint density at radius 1 is 1.39 bits per heavy atom. The first-order chi connectivity index (χ1) is 8.72. The minimum Gasteiger partial charge on any atom is -0.494 e. The second-order valence-corrected chi connectivity index (χ2v) is 5.22. The molecule has 0 saturated carbocycles. The van der Waals surface area contributed by atoms with Crippen molar-refractivity contribution in [3.8, 4) is 5.75 Å². The van der Waals surface area contributed by atoms with Crippen LogP contribution in [-0.4, -0.2) is 29.3 Å². The molecule has 0 aromatic heterocycles. The lowest BCUT2D eigenvalue weighted by Gasteiger charge is -2.16. The maximum absolute atomic E-state index is 11.8. The molecule has 1 aromatic carbocycles. The third-order valence-electron chi connectivity index (χ3n) is 3.12. The van der Waals surface area contributed by atoms with Crippen LogP contribution in [0.3, 0.4) is 0 Å². The minimum absolute atomic E-state index is 0.258. The van der Waals surface area contributed by atoms with Crippen molar-refractivity contribution in [2.24, 2.45) is 5.92 Å². The molecular formula is C14H18BrNO2. The Balaban J connectivity index is 1.95. The number of carbonyl (C=O) groups excluding carboxylic acids is 1. The Kier molecular flexibility index (Phi) is 4.64. The number of amides is 1. The highest BCUT2D eigenvalue weighted by Crippen LogP contribution is 2.22. The summed E-state index contributed by atoms with van der Waals surface area (Å²) in [5, 5.41) is 0.901. The topological polar surface area (TPSA) is 29.5 Å². The number of hydrogen-bond acceptors (Lipinski definition) is 2. The first-order valence-corrected chi connectivity index (χ1v) is 7.40. The Morgan fingerprint density at radius 2 is 2.11 bits per heavy atom. The molecule has 0 N–H and O–H groups in total. The van der Waals surface area contributed by atoms with Crippen LogP contribution >= 0.6 is 15.9 Å². The number of alkyl halides is 1. The van der Waals surface area contributed by atoms with Gasteiger partial charge in [-0.2, -0.15) is 0 Å². The first kappa shape index (κ1) is 13.4. The third-order valence-corrected chi connectivity index (χ3v) is 4.04. The van der Waals surface area contributed by atoms with Crippen LogP contribution in [0.15, 0.2) is 24.3 Å². The molecule has 18 heavy (non-hydrogen) atoms. The van der Waals surface area contributed by atoms with Gasteiger partial charge >= 0.3 is 0 Å². The van der Waals surface area contributed by atoms with E-state index in [2.05, 4.69) is 15.9 Å². The van der Waals surface area contributed by atoms with Gasteiger partial charge in [-0.1, -0.05) is 28.1 Å². The first-order valence-electron chi connectivity index (χ1n) is 6.28. The molecular weight excluding hydrogens is 294 g/mol. The predicted octanol–water partition coefficient (Wildman–Crippen LogP) is 2.83. The van der Waals surface area contributed by atoms with Gasteiger partial charge in [0.25, 0.3) is 0 Å². The fraction of sp³-hybridized carbons (Fsp3) is 0.500. The predicted molar refractivity (Wildman–Crippen MR) is 74.9 cm³/mol. The second kappa shape index (κ2) is 6.23. The third kappa shape index (κ3) is 3.25. The Hall–Kier alpha value is -1.03. The van der Waals surface area contributed by atoms with Gasteiger partial charge in [0.1, 0.15) is 5.75 Å². The number of ether oxygens (including phenoxy) is 1. The lowest BCUT2D eigenvalue weighted by molar-refractivity contribution is -0.128. The van der Waals surface area contributed by atoms with Gasteiger partial charge in [-0.15, -0.1) is 0 Å². The molecule has 1 heterocycles. The maximum atomic E-state index is 11.8. The average Bonchev–Trinajstić information content (AvgIpc) is 2.73. The number of halogens is 1. The monoisotopic (exact) mass is 311 g/mol. The molecule has 1 saturated heterocycles. The van der Waals surface area contributed by atoms with E-state index < -0.39 is 0 Å². The van der Waals surface area contributed by atoms with Gasteiger partial charge in [-0.05, 0) is 30.5 Å². The van der Waals surface area contributed by atoms with Crippen LogP contribution in [0, 0.1) is 5.92 Å². The highest BCUT2D eigenvalue weighted by molar-refractivity contribution is 9.09. The van der Waals surface area contributed by atoms with Gasteiger partial charge in [0, 0.05) is 24.8 Å². The summed E-state index contributed by atoms with van der Waals surface area (Å²) in [7, 11) is 0. The average molecular weight is 312 g/mol. The normalized spacial score (nSPS) is 19.3. The summed E-state index contributed by atoms with van der Waals surface area (Å²) in [4.78, 5) is 13.7. The molecule has 1 atom stereocenters. The van der Waals surface area contributed by atoms with Crippen molar-refractivity contribution in [1.29, 1.82) is 0 Å². The van der Waals surface area contributed by atoms with Gasteiger partial charge in [0.15, 0.2) is 0 Å². The quantitative estimate of drug-likeness (QED) is 0.783. The second-order valence-electron chi connectivity index (χ2n) is 4.58. The van der Waals surface area contributed by atoms with E-state index in [4.69, 9.17) is 4.74 Å². The van der Waals surface area contributed by atoms with Gasteiger partial charge < -0.3 is 9.64 Å². The Morgan fingerprint density at radius 3 is 2.67 bits per heavy atom. The van der Waals surface area contributed by atoms with E-state index in [-0.39, 0.29) is 5.91 Å². The van der Waals surface area contributed by atoms with E-state index in [1.807, 2.05) is 36.1 Å². The molecule has 1 aliphatic rings. The fourth-order valence-corrected chi connectivity index (χ4v) is 2.62. The van der Waals surface area contributed by atoms with Crippen molar-refractivity contribution in [1.82, 2.24) is 4.90 Å². The van der Waals surface area contributed by atoms with Crippen LogP contribution in [0.2, 0.25) is 0 Å². The highest BCUT2D eigenvalue weighted by Gasteiger charge is 2.28. The van der Waals surface area contributed by atoms with Gasteiger partial charge in [-0.3, -0.25) is 4.79 Å². The molecule has 1 aliphatic heterocycles. The molecule has 1 amide bonds. The Bertz CT molecular complexity index is 405. The van der Waals surface area contributed by atoms with E-state index in [1.54, 1.807) is 0 Å². The molecule has 0 spiro atoms. The zero-order chi connectivity index (χ0) is 13.0. The van der Waals surface area contributed by atoms with Crippen molar-refractivity contribution in [3.05, 3.63) is 29.8 Å². The molecule has 98 valence electrons. The summed E-state index contributed by atoms with van der Waals surface area (Å²) in [6, 6.07) is 7.97.